The summed E-state index contributed by atoms with van der Waals surface area (Å²) in [6.07, 6.45) is 4.52. The number of carbonyl (C=O) groups is 2. The molecule has 1 saturated heterocycles. The molecule has 2 aliphatic heterocycles. The number of anilines is 1. The van der Waals surface area contributed by atoms with E-state index in [-0.39, 0.29) is 19.6 Å². The highest BCUT2D eigenvalue weighted by atomic mass is 19.3. The highest BCUT2D eigenvalue weighted by Crippen LogP contribution is 2.25. The average Bonchev–Trinajstić information content (AvgIpc) is 2.65. The van der Waals surface area contributed by atoms with Crippen LogP contribution in [0.5, 0.6) is 0 Å². The second-order valence-electron chi connectivity index (χ2n) is 7.11. The van der Waals surface area contributed by atoms with Crippen molar-refractivity contribution in [2.45, 2.75) is 37.8 Å². The summed E-state index contributed by atoms with van der Waals surface area (Å²) >= 11 is 0. The molecule has 0 bridgehead atoms. The number of pyridine rings is 1. The summed E-state index contributed by atoms with van der Waals surface area (Å²) in [6, 6.07) is 4.14. The zero-order valence-corrected chi connectivity index (χ0v) is 15.1. The molecule has 2 N–H and O–H groups in total. The predicted octanol–water partition coefficient (Wildman–Crippen LogP) is 1.33. The maximum Gasteiger partial charge on any atom is 0.362 e. The Kier molecular flexibility index (Phi) is 6.20. The molecular formula is C18H24F2N4O3. The lowest BCUT2D eigenvalue weighted by Gasteiger charge is -2.42. The number of unbranched alkanes of at least 4 members (excludes halogenated alkanes) is 1. The van der Waals surface area contributed by atoms with Crippen molar-refractivity contribution in [3.05, 3.63) is 23.4 Å². The molecule has 148 valence electrons. The molecule has 0 unspecified atom stereocenters. The third-order valence-electron chi connectivity index (χ3n) is 4.89. The first kappa shape index (κ1) is 19.5. The molecule has 0 spiro atoms. The van der Waals surface area contributed by atoms with Crippen LogP contribution in [-0.2, 0) is 27.4 Å². The number of amides is 1. The number of nitrogens with one attached hydrogen (secondary N) is 2. The van der Waals surface area contributed by atoms with Gasteiger partial charge in [-0.25, -0.2) is 14.2 Å². The molecule has 3 heterocycles. The normalized spacial score (nSPS) is 18.0. The summed E-state index contributed by atoms with van der Waals surface area (Å²) in [5, 5.41) is 5.89. The lowest BCUT2D eigenvalue weighted by atomic mass is 9.95. The molecule has 0 atom stereocenters. The van der Waals surface area contributed by atoms with Crippen LogP contribution in [0.15, 0.2) is 12.1 Å². The molecule has 0 aliphatic carbocycles. The summed E-state index contributed by atoms with van der Waals surface area (Å²) in [6.45, 7) is 0.491. The largest absolute Gasteiger partial charge is 0.370 e. The Hall–Kier alpha value is -2.29. The number of carbonyl (C=O) groups excluding carboxylic acids is 2. The maximum atomic E-state index is 14.3. The van der Waals surface area contributed by atoms with E-state index in [0.717, 1.165) is 43.7 Å². The smallest absolute Gasteiger partial charge is 0.362 e. The van der Waals surface area contributed by atoms with Crippen LogP contribution in [-0.4, -0.2) is 60.2 Å². The van der Waals surface area contributed by atoms with Crippen LogP contribution < -0.4 is 10.6 Å². The lowest BCUT2D eigenvalue weighted by Crippen LogP contribution is -2.66. The first-order valence-corrected chi connectivity index (χ1v) is 9.24. The number of aryl methyl sites for hydroxylation is 2. The Bertz CT molecular complexity index is 695. The molecule has 1 fully saturated rings. The molecule has 1 amide bonds. The fraction of sp³-hybridized carbons (Fsp3) is 0.611. The van der Waals surface area contributed by atoms with Crippen LogP contribution in [0.25, 0.3) is 0 Å². The van der Waals surface area contributed by atoms with Gasteiger partial charge in [0.25, 0.3) is 5.91 Å². The number of alkyl halides is 1. The third-order valence-corrected chi connectivity index (χ3v) is 4.89. The van der Waals surface area contributed by atoms with Crippen LogP contribution >= 0.6 is 0 Å². The average molecular weight is 382 g/mol. The van der Waals surface area contributed by atoms with Crippen molar-refractivity contribution < 1.29 is 23.4 Å². The number of hydrogen-bond donors (Lipinski definition) is 2. The van der Waals surface area contributed by atoms with Gasteiger partial charge in [0.15, 0.2) is 0 Å². The Labute approximate surface area is 156 Å². The van der Waals surface area contributed by atoms with E-state index in [4.69, 9.17) is 0 Å². The van der Waals surface area contributed by atoms with Gasteiger partial charge in [-0.15, -0.1) is 0 Å². The van der Waals surface area contributed by atoms with Gasteiger partial charge in [-0.2, -0.15) is 0 Å². The minimum absolute atomic E-state index is 0.236. The highest BCUT2D eigenvalue weighted by Gasteiger charge is 2.50. The first-order chi connectivity index (χ1) is 13.0. The van der Waals surface area contributed by atoms with E-state index < -0.39 is 17.5 Å². The van der Waals surface area contributed by atoms with Crippen molar-refractivity contribution in [3.63, 3.8) is 0 Å². The second-order valence-corrected chi connectivity index (χ2v) is 7.11. The van der Waals surface area contributed by atoms with E-state index in [2.05, 4.69) is 26.6 Å². The van der Waals surface area contributed by atoms with E-state index >= 15 is 0 Å². The number of hydrogen-bond acceptors (Lipinski definition) is 6. The zero-order chi connectivity index (χ0) is 19.3. The van der Waals surface area contributed by atoms with Crippen molar-refractivity contribution in [1.29, 1.82) is 0 Å². The van der Waals surface area contributed by atoms with Crippen molar-refractivity contribution >= 4 is 17.7 Å². The first-order valence-electron chi connectivity index (χ1n) is 9.24. The Morgan fingerprint density at radius 3 is 2.93 bits per heavy atom. The number of nitrogens with zero attached hydrogens (tertiary/aromatic N) is 2. The summed E-state index contributed by atoms with van der Waals surface area (Å²) in [4.78, 5) is 31.6. The van der Waals surface area contributed by atoms with E-state index in [1.807, 2.05) is 6.07 Å². The topological polar surface area (TPSA) is 83.6 Å². The highest BCUT2D eigenvalue weighted by molar-refractivity contribution is 5.87. The van der Waals surface area contributed by atoms with Crippen LogP contribution in [0, 0.1) is 0 Å². The Balaban J connectivity index is 1.32. The lowest BCUT2D eigenvalue weighted by molar-refractivity contribution is -0.188. The van der Waals surface area contributed by atoms with Gasteiger partial charge in [0.2, 0.25) is 5.67 Å². The number of halogens is 2. The summed E-state index contributed by atoms with van der Waals surface area (Å²) in [7, 11) is 0. The van der Waals surface area contributed by atoms with Gasteiger partial charge in [-0.1, -0.05) is 6.07 Å². The zero-order valence-electron chi connectivity index (χ0n) is 15.1. The monoisotopic (exact) mass is 382 g/mol. The fourth-order valence-corrected chi connectivity index (χ4v) is 3.42. The molecular weight excluding hydrogens is 358 g/mol. The van der Waals surface area contributed by atoms with Crippen LogP contribution in [0.3, 0.4) is 0 Å². The standard InChI is InChI=1S/C18H24F2N4O3/c19-18(11-24(12-18)10-15(25)27-20)17(26)22-8-2-1-5-14-7-6-13-4-3-9-21-16(13)23-14/h6-7H,1-5,8-12H2,(H,21,23)(H,22,26). The van der Waals surface area contributed by atoms with Crippen molar-refractivity contribution in [2.24, 2.45) is 0 Å². The molecule has 7 nitrogen and oxygen atoms in total. The molecule has 1 aromatic heterocycles. The van der Waals surface area contributed by atoms with E-state index in [1.165, 1.54) is 10.5 Å². The predicted molar refractivity (Wildman–Crippen MR) is 94.5 cm³/mol. The molecule has 0 aromatic carbocycles. The summed E-state index contributed by atoms with van der Waals surface area (Å²) in [5.41, 5.74) is 0.230. The maximum absolute atomic E-state index is 14.3. The molecule has 3 rings (SSSR count). The van der Waals surface area contributed by atoms with E-state index in [0.29, 0.717) is 13.0 Å². The molecule has 1 aromatic rings. The van der Waals surface area contributed by atoms with Crippen molar-refractivity contribution in [2.75, 3.05) is 38.0 Å². The van der Waals surface area contributed by atoms with Gasteiger partial charge < -0.3 is 10.6 Å². The Morgan fingerprint density at radius 1 is 1.33 bits per heavy atom. The van der Waals surface area contributed by atoms with Gasteiger partial charge in [-0.3, -0.25) is 14.6 Å². The number of rotatable bonds is 8. The number of fused-ring (bicyclic) bond motifs is 1. The van der Waals surface area contributed by atoms with Gasteiger partial charge in [0.05, 0.1) is 0 Å². The minimum atomic E-state index is -2.03. The summed E-state index contributed by atoms with van der Waals surface area (Å²) in [5.74, 6) is -0.815. The van der Waals surface area contributed by atoms with Crippen molar-refractivity contribution in [1.82, 2.24) is 15.2 Å². The van der Waals surface area contributed by atoms with E-state index in [1.54, 1.807) is 0 Å². The van der Waals surface area contributed by atoms with E-state index in [9.17, 15) is 18.5 Å². The molecule has 2 aliphatic rings. The molecule has 0 radical (unpaired) electrons. The van der Waals surface area contributed by atoms with Gasteiger partial charge in [0, 0.05) is 36.4 Å². The van der Waals surface area contributed by atoms with Gasteiger partial charge >= 0.3 is 5.97 Å². The third kappa shape index (κ3) is 4.91. The van der Waals surface area contributed by atoms with Crippen molar-refractivity contribution in [3.8, 4) is 0 Å². The fourth-order valence-electron chi connectivity index (χ4n) is 3.42. The number of likely N-dealkylation sites (tertiary alicyclic amines) is 1. The molecule has 0 saturated carbocycles. The second kappa shape index (κ2) is 8.60. The van der Waals surface area contributed by atoms with Gasteiger partial charge in [0.1, 0.15) is 12.4 Å². The Morgan fingerprint density at radius 2 is 2.15 bits per heavy atom. The van der Waals surface area contributed by atoms with Gasteiger partial charge in [-0.05, 0) is 43.7 Å². The quantitative estimate of drug-likeness (QED) is 0.660. The molecule has 9 heteroatoms. The number of aromatic nitrogens is 1. The van der Waals surface area contributed by atoms with Crippen LogP contribution in [0.4, 0.5) is 14.7 Å². The minimum Gasteiger partial charge on any atom is -0.370 e. The summed E-state index contributed by atoms with van der Waals surface area (Å²) < 4.78 is 26.0. The van der Waals surface area contributed by atoms with Crippen LogP contribution in [0.1, 0.15) is 30.5 Å². The van der Waals surface area contributed by atoms with Crippen LogP contribution in [0.2, 0.25) is 0 Å². The SMILES string of the molecule is O=C(CN1CC(F)(C(=O)NCCCCc2ccc3c(n2)NCCC3)C1)OF. The molecule has 27 heavy (non-hydrogen) atoms.